The highest BCUT2D eigenvalue weighted by Gasteiger charge is 2.19. The van der Waals surface area contributed by atoms with Crippen LogP contribution in [0.1, 0.15) is 32.3 Å². The van der Waals surface area contributed by atoms with Gasteiger partial charge in [-0.25, -0.2) is 8.42 Å². The minimum atomic E-state index is -3.36. The third-order valence-electron chi connectivity index (χ3n) is 6.36. The average molecular weight is 511 g/mol. The quantitative estimate of drug-likeness (QED) is 0.383. The molecular formula is C27H34N4O4S. The fourth-order valence-corrected chi connectivity index (χ4v) is 5.79. The van der Waals surface area contributed by atoms with Crippen molar-refractivity contribution in [3.8, 4) is 23.1 Å². The van der Waals surface area contributed by atoms with Gasteiger partial charge < -0.3 is 14.0 Å². The molecule has 0 bridgehead atoms. The molecule has 0 atom stereocenters. The van der Waals surface area contributed by atoms with Crippen LogP contribution in [0.5, 0.6) is 5.75 Å². The maximum Gasteiger partial charge on any atom is 0.232 e. The first kappa shape index (κ1) is 26.0. The monoisotopic (exact) mass is 510 g/mol. The summed E-state index contributed by atoms with van der Waals surface area (Å²) in [5.41, 5.74) is 3.74. The summed E-state index contributed by atoms with van der Waals surface area (Å²) < 4.78 is 40.4. The lowest BCUT2D eigenvalue weighted by Gasteiger charge is -2.26. The van der Waals surface area contributed by atoms with Crippen LogP contribution in [-0.4, -0.2) is 63.1 Å². The second-order valence-electron chi connectivity index (χ2n) is 8.91. The van der Waals surface area contributed by atoms with Crippen LogP contribution in [0.25, 0.3) is 22.2 Å². The Bertz CT molecular complexity index is 1320. The fraction of sp³-hybridized carbons (Fsp3) is 0.444. The Balaban J connectivity index is 1.54. The molecule has 1 aliphatic rings. The fourth-order valence-electron chi connectivity index (χ4n) is 4.66. The molecule has 0 unspecified atom stereocenters. The number of nitrogens with one attached hydrogen (secondary N) is 1. The molecular weight excluding hydrogens is 476 g/mol. The highest BCUT2D eigenvalue weighted by atomic mass is 32.2. The number of nitriles is 1. The lowest BCUT2D eigenvalue weighted by atomic mass is 10.1. The highest BCUT2D eigenvalue weighted by molar-refractivity contribution is 7.92. The van der Waals surface area contributed by atoms with Crippen molar-refractivity contribution in [1.29, 1.82) is 5.26 Å². The van der Waals surface area contributed by atoms with Gasteiger partial charge in [-0.15, -0.1) is 0 Å². The number of morpholine rings is 1. The number of nitrogens with zero attached hydrogens (tertiary/aromatic N) is 3. The van der Waals surface area contributed by atoms with E-state index in [4.69, 9.17) is 9.47 Å². The summed E-state index contributed by atoms with van der Waals surface area (Å²) in [6.45, 7) is 9.72. The summed E-state index contributed by atoms with van der Waals surface area (Å²) in [4.78, 5) is 2.39. The first-order valence-electron chi connectivity index (χ1n) is 12.6. The number of sulfonamides is 1. The summed E-state index contributed by atoms with van der Waals surface area (Å²) in [6.07, 6.45) is 1.49. The van der Waals surface area contributed by atoms with Gasteiger partial charge in [0.15, 0.2) is 0 Å². The molecule has 1 aromatic heterocycles. The lowest BCUT2D eigenvalue weighted by molar-refractivity contribution is 0.0358. The van der Waals surface area contributed by atoms with Crippen LogP contribution in [0, 0.1) is 11.3 Å². The van der Waals surface area contributed by atoms with Gasteiger partial charge in [-0.05, 0) is 49.6 Å². The van der Waals surface area contributed by atoms with Crippen LogP contribution >= 0.6 is 0 Å². The maximum atomic E-state index is 12.1. The number of hydrogen-bond donors (Lipinski definition) is 1. The van der Waals surface area contributed by atoms with Gasteiger partial charge in [0.25, 0.3) is 0 Å². The van der Waals surface area contributed by atoms with Gasteiger partial charge in [0.05, 0.1) is 42.3 Å². The Labute approximate surface area is 213 Å². The van der Waals surface area contributed by atoms with Crippen molar-refractivity contribution in [3.05, 3.63) is 48.0 Å². The predicted octanol–water partition coefficient (Wildman–Crippen LogP) is 4.45. The molecule has 36 heavy (non-hydrogen) atoms. The molecule has 0 saturated carbocycles. The molecule has 192 valence electrons. The normalized spacial score (nSPS) is 14.6. The molecule has 2 aromatic carbocycles. The molecule has 0 radical (unpaired) electrons. The first-order valence-corrected chi connectivity index (χ1v) is 14.2. The summed E-state index contributed by atoms with van der Waals surface area (Å²) in [6, 6.07) is 15.5. The van der Waals surface area contributed by atoms with E-state index in [9.17, 15) is 13.7 Å². The van der Waals surface area contributed by atoms with E-state index < -0.39 is 10.0 Å². The molecule has 4 rings (SSSR count). The first-order chi connectivity index (χ1) is 17.5. The Morgan fingerprint density at radius 1 is 1.11 bits per heavy atom. The summed E-state index contributed by atoms with van der Waals surface area (Å²) in [7, 11) is -3.36. The number of aryl methyl sites for hydroxylation is 1. The van der Waals surface area contributed by atoms with Crippen LogP contribution in [0.2, 0.25) is 0 Å². The van der Waals surface area contributed by atoms with Crippen molar-refractivity contribution in [2.24, 2.45) is 0 Å². The standard InChI is InChI=1S/C27H34N4O4S/c1-3-18-36(32,33)29-22-8-6-21(7-9-22)27-25(20-28)24-11-10-23(19-26(24)31(27)4-2)35-15-5-12-30-13-16-34-17-14-30/h6-11,19,29H,3-5,12-18H2,1-2H3. The summed E-state index contributed by atoms with van der Waals surface area (Å²) in [5, 5.41) is 10.9. The van der Waals surface area contributed by atoms with E-state index in [1.807, 2.05) is 44.2 Å². The smallest absolute Gasteiger partial charge is 0.232 e. The third kappa shape index (κ3) is 6.01. The molecule has 1 saturated heterocycles. The van der Waals surface area contributed by atoms with Gasteiger partial charge in [-0.3, -0.25) is 9.62 Å². The molecule has 1 aliphatic heterocycles. The number of fused-ring (bicyclic) bond motifs is 1. The second kappa shape index (κ2) is 11.8. The number of benzene rings is 2. The number of aromatic nitrogens is 1. The number of rotatable bonds is 11. The van der Waals surface area contributed by atoms with Crippen LogP contribution in [0.15, 0.2) is 42.5 Å². The SMILES string of the molecule is CCCS(=O)(=O)Nc1ccc(-c2c(C#N)c3ccc(OCCCN4CCOCC4)cc3n2CC)cc1. The van der Waals surface area contributed by atoms with Crippen molar-refractivity contribution in [1.82, 2.24) is 9.47 Å². The molecule has 0 spiro atoms. The Morgan fingerprint density at radius 2 is 1.86 bits per heavy atom. The largest absolute Gasteiger partial charge is 0.493 e. The van der Waals surface area contributed by atoms with Crippen molar-refractivity contribution in [2.45, 2.75) is 33.2 Å². The van der Waals surface area contributed by atoms with E-state index in [1.165, 1.54) is 0 Å². The highest BCUT2D eigenvalue weighted by Crippen LogP contribution is 2.35. The summed E-state index contributed by atoms with van der Waals surface area (Å²) >= 11 is 0. The van der Waals surface area contributed by atoms with E-state index >= 15 is 0 Å². The zero-order chi connectivity index (χ0) is 25.5. The molecule has 0 aliphatic carbocycles. The Morgan fingerprint density at radius 3 is 2.53 bits per heavy atom. The van der Waals surface area contributed by atoms with E-state index in [2.05, 4.69) is 20.3 Å². The van der Waals surface area contributed by atoms with Crippen LogP contribution < -0.4 is 9.46 Å². The number of ether oxygens (including phenoxy) is 2. The van der Waals surface area contributed by atoms with Crippen molar-refractivity contribution in [3.63, 3.8) is 0 Å². The van der Waals surface area contributed by atoms with Crippen molar-refractivity contribution >= 4 is 26.6 Å². The zero-order valence-corrected chi connectivity index (χ0v) is 21.8. The topological polar surface area (TPSA) is 96.6 Å². The lowest BCUT2D eigenvalue weighted by Crippen LogP contribution is -2.37. The predicted molar refractivity (Wildman–Crippen MR) is 143 cm³/mol. The number of anilines is 1. The van der Waals surface area contributed by atoms with Crippen LogP contribution in [0.4, 0.5) is 5.69 Å². The van der Waals surface area contributed by atoms with Gasteiger partial charge in [0.2, 0.25) is 10.0 Å². The van der Waals surface area contributed by atoms with Crippen LogP contribution in [-0.2, 0) is 21.3 Å². The third-order valence-corrected chi connectivity index (χ3v) is 7.85. The summed E-state index contributed by atoms with van der Waals surface area (Å²) in [5.74, 6) is 0.864. The van der Waals surface area contributed by atoms with Gasteiger partial charge in [-0.2, -0.15) is 5.26 Å². The van der Waals surface area contributed by atoms with E-state index in [0.29, 0.717) is 30.8 Å². The minimum absolute atomic E-state index is 0.0784. The molecule has 3 aromatic rings. The van der Waals surface area contributed by atoms with Gasteiger partial charge in [0.1, 0.15) is 11.8 Å². The molecule has 1 N–H and O–H groups in total. The van der Waals surface area contributed by atoms with Gasteiger partial charge in [-0.1, -0.05) is 19.1 Å². The van der Waals surface area contributed by atoms with Gasteiger partial charge >= 0.3 is 0 Å². The molecule has 0 amide bonds. The maximum absolute atomic E-state index is 12.1. The van der Waals surface area contributed by atoms with Crippen molar-refractivity contribution < 1.29 is 17.9 Å². The zero-order valence-electron chi connectivity index (χ0n) is 21.0. The van der Waals surface area contributed by atoms with E-state index in [0.717, 1.165) is 67.2 Å². The van der Waals surface area contributed by atoms with Crippen molar-refractivity contribution in [2.75, 3.05) is 49.9 Å². The van der Waals surface area contributed by atoms with Crippen LogP contribution in [0.3, 0.4) is 0 Å². The van der Waals surface area contributed by atoms with E-state index in [1.54, 1.807) is 12.1 Å². The second-order valence-corrected chi connectivity index (χ2v) is 10.8. The van der Waals surface area contributed by atoms with Gasteiger partial charge in [0, 0.05) is 43.3 Å². The minimum Gasteiger partial charge on any atom is -0.493 e. The molecule has 8 nitrogen and oxygen atoms in total. The Kier molecular flexibility index (Phi) is 8.52. The van der Waals surface area contributed by atoms with E-state index in [-0.39, 0.29) is 5.75 Å². The molecule has 1 fully saturated rings. The molecule has 2 heterocycles. The average Bonchev–Trinajstić information content (AvgIpc) is 3.20. The molecule has 9 heteroatoms. The number of hydrogen-bond acceptors (Lipinski definition) is 6. The Hall–Kier alpha value is -3.06.